The van der Waals surface area contributed by atoms with E-state index in [2.05, 4.69) is 4.90 Å². The summed E-state index contributed by atoms with van der Waals surface area (Å²) in [5.41, 5.74) is 5.98. The van der Waals surface area contributed by atoms with Crippen molar-refractivity contribution in [2.75, 3.05) is 13.1 Å². The van der Waals surface area contributed by atoms with Crippen LogP contribution in [-0.4, -0.2) is 35.7 Å². The lowest BCUT2D eigenvalue weighted by molar-refractivity contribution is -0.123. The molecule has 0 radical (unpaired) electrons. The van der Waals surface area contributed by atoms with E-state index in [-0.39, 0.29) is 23.7 Å². The zero-order valence-corrected chi connectivity index (χ0v) is 12.3. The van der Waals surface area contributed by atoms with Gasteiger partial charge < -0.3 is 5.73 Å². The van der Waals surface area contributed by atoms with Crippen molar-refractivity contribution in [3.63, 3.8) is 0 Å². The number of carbonyl (C=O) groups is 2. The molecular weight excluding hydrogens is 276 g/mol. The summed E-state index contributed by atoms with van der Waals surface area (Å²) < 4.78 is 0. The van der Waals surface area contributed by atoms with Crippen molar-refractivity contribution in [3.8, 4) is 0 Å². The van der Waals surface area contributed by atoms with Crippen LogP contribution in [0.3, 0.4) is 0 Å². The van der Waals surface area contributed by atoms with Gasteiger partial charge in [0.2, 0.25) is 5.91 Å². The second kappa shape index (κ2) is 6.37. The van der Waals surface area contributed by atoms with Gasteiger partial charge in [0.25, 0.3) is 0 Å². The number of rotatable bonds is 4. The first kappa shape index (κ1) is 15.0. The monoisotopic (exact) mass is 294 g/mol. The molecule has 0 saturated carbocycles. The Labute approximate surface area is 123 Å². The minimum Gasteiger partial charge on any atom is -0.369 e. The summed E-state index contributed by atoms with van der Waals surface area (Å²) in [6, 6.07) is 6.75. The quantitative estimate of drug-likeness (QED) is 0.865. The lowest BCUT2D eigenvalue weighted by Crippen LogP contribution is -2.46. The predicted molar refractivity (Wildman–Crippen MR) is 78.7 cm³/mol. The van der Waals surface area contributed by atoms with Crippen LogP contribution in [0, 0.1) is 5.92 Å². The van der Waals surface area contributed by atoms with Gasteiger partial charge in [-0.25, -0.2) is 0 Å². The third-order valence-electron chi connectivity index (χ3n) is 3.99. The van der Waals surface area contributed by atoms with Gasteiger partial charge in [-0.1, -0.05) is 11.6 Å². The van der Waals surface area contributed by atoms with E-state index >= 15 is 0 Å². The van der Waals surface area contributed by atoms with Crippen molar-refractivity contribution >= 4 is 23.3 Å². The molecule has 0 spiro atoms. The Morgan fingerprint density at radius 2 is 1.80 bits per heavy atom. The lowest BCUT2D eigenvalue weighted by Gasteiger charge is -2.34. The van der Waals surface area contributed by atoms with Crippen molar-refractivity contribution in [1.29, 1.82) is 0 Å². The first-order chi connectivity index (χ1) is 9.49. The zero-order chi connectivity index (χ0) is 14.7. The molecule has 0 aliphatic carbocycles. The first-order valence-electron chi connectivity index (χ1n) is 6.82. The fraction of sp³-hybridized carbons (Fsp3) is 0.467. The molecule has 0 aromatic heterocycles. The maximum Gasteiger partial charge on any atom is 0.220 e. The molecule has 2 rings (SSSR count). The normalized spacial score (nSPS) is 18.7. The molecule has 1 unspecified atom stereocenters. The number of piperidine rings is 1. The van der Waals surface area contributed by atoms with Crippen LogP contribution in [0.4, 0.5) is 0 Å². The Kier molecular flexibility index (Phi) is 4.78. The summed E-state index contributed by atoms with van der Waals surface area (Å²) in [5.74, 6) is -0.204. The van der Waals surface area contributed by atoms with Gasteiger partial charge in [-0.3, -0.25) is 14.5 Å². The Hall–Kier alpha value is -1.39. The Morgan fingerprint density at radius 1 is 1.25 bits per heavy atom. The Balaban J connectivity index is 1.98. The molecule has 0 bridgehead atoms. The van der Waals surface area contributed by atoms with E-state index in [1.807, 2.05) is 6.92 Å². The van der Waals surface area contributed by atoms with Crippen LogP contribution in [0.1, 0.15) is 30.1 Å². The van der Waals surface area contributed by atoms with Crippen molar-refractivity contribution in [2.24, 2.45) is 11.7 Å². The number of likely N-dealkylation sites (tertiary alicyclic amines) is 1. The number of nitrogens with zero attached hydrogens (tertiary/aromatic N) is 1. The molecule has 2 N–H and O–H groups in total. The summed E-state index contributed by atoms with van der Waals surface area (Å²) in [6.45, 7) is 3.36. The van der Waals surface area contributed by atoms with E-state index in [0.29, 0.717) is 10.6 Å². The standard InChI is InChI=1S/C15H19ClN2O2/c1-10(14(19)11-2-4-13(16)5-3-11)18-8-6-12(7-9-18)15(17)20/h2-5,10,12H,6-9H2,1H3,(H2,17,20). The molecule has 20 heavy (non-hydrogen) atoms. The smallest absolute Gasteiger partial charge is 0.220 e. The van der Waals surface area contributed by atoms with Crippen LogP contribution in [0.2, 0.25) is 5.02 Å². The Bertz CT molecular complexity index is 493. The molecule has 1 aliphatic rings. The molecule has 5 heteroatoms. The van der Waals surface area contributed by atoms with Crippen LogP contribution < -0.4 is 5.73 Å². The van der Waals surface area contributed by atoms with E-state index in [0.717, 1.165) is 25.9 Å². The average Bonchev–Trinajstić information content (AvgIpc) is 2.46. The summed E-state index contributed by atoms with van der Waals surface area (Å²) in [4.78, 5) is 25.6. The van der Waals surface area contributed by atoms with Crippen molar-refractivity contribution in [2.45, 2.75) is 25.8 Å². The molecule has 108 valence electrons. The highest BCUT2D eigenvalue weighted by Gasteiger charge is 2.29. The third-order valence-corrected chi connectivity index (χ3v) is 4.24. The SMILES string of the molecule is CC(C(=O)c1ccc(Cl)cc1)N1CCC(C(N)=O)CC1. The average molecular weight is 295 g/mol. The first-order valence-corrected chi connectivity index (χ1v) is 7.20. The fourth-order valence-electron chi connectivity index (χ4n) is 2.59. The van der Waals surface area contributed by atoms with Crippen molar-refractivity contribution in [3.05, 3.63) is 34.9 Å². The minimum absolute atomic E-state index is 0.0518. The number of hydrogen-bond donors (Lipinski definition) is 1. The second-order valence-electron chi connectivity index (χ2n) is 5.26. The van der Waals surface area contributed by atoms with Crippen molar-refractivity contribution in [1.82, 2.24) is 4.90 Å². The number of benzene rings is 1. The summed E-state index contributed by atoms with van der Waals surface area (Å²) >= 11 is 5.82. The molecule has 4 nitrogen and oxygen atoms in total. The lowest BCUT2D eigenvalue weighted by atomic mass is 9.94. The van der Waals surface area contributed by atoms with E-state index in [9.17, 15) is 9.59 Å². The van der Waals surface area contributed by atoms with Gasteiger partial charge >= 0.3 is 0 Å². The predicted octanol–water partition coefficient (Wildman–Crippen LogP) is 2.11. The van der Waals surface area contributed by atoms with Crippen molar-refractivity contribution < 1.29 is 9.59 Å². The van der Waals surface area contributed by atoms with Crippen LogP contribution >= 0.6 is 11.6 Å². The van der Waals surface area contributed by atoms with Crippen LogP contribution in [-0.2, 0) is 4.79 Å². The summed E-state index contributed by atoms with van der Waals surface area (Å²) in [6.07, 6.45) is 1.46. The molecule has 1 atom stereocenters. The topological polar surface area (TPSA) is 63.4 Å². The van der Waals surface area contributed by atoms with E-state index in [1.54, 1.807) is 24.3 Å². The van der Waals surface area contributed by atoms with Crippen LogP contribution in [0.15, 0.2) is 24.3 Å². The number of amides is 1. The molecule has 1 saturated heterocycles. The van der Waals surface area contributed by atoms with E-state index < -0.39 is 0 Å². The summed E-state index contributed by atoms with van der Waals surface area (Å²) in [7, 11) is 0. The number of Topliss-reactive ketones (excluding diaryl/α,β-unsaturated/α-hetero) is 1. The zero-order valence-electron chi connectivity index (χ0n) is 11.5. The van der Waals surface area contributed by atoms with Gasteiger partial charge in [0.15, 0.2) is 5.78 Å². The molecular formula is C15H19ClN2O2. The molecule has 1 aromatic rings. The van der Waals surface area contributed by atoms with Crippen LogP contribution in [0.25, 0.3) is 0 Å². The number of ketones is 1. The highest BCUT2D eigenvalue weighted by Crippen LogP contribution is 2.20. The van der Waals surface area contributed by atoms with Crippen LogP contribution in [0.5, 0.6) is 0 Å². The van der Waals surface area contributed by atoms with Gasteiger partial charge in [0.1, 0.15) is 0 Å². The maximum absolute atomic E-state index is 12.4. The minimum atomic E-state index is -0.235. The van der Waals surface area contributed by atoms with E-state index in [4.69, 9.17) is 17.3 Å². The second-order valence-corrected chi connectivity index (χ2v) is 5.70. The van der Waals surface area contributed by atoms with Gasteiger partial charge in [-0.15, -0.1) is 0 Å². The molecule has 1 fully saturated rings. The molecule has 1 aliphatic heterocycles. The fourth-order valence-corrected chi connectivity index (χ4v) is 2.72. The summed E-state index contributed by atoms with van der Waals surface area (Å²) in [5, 5.41) is 0.622. The highest BCUT2D eigenvalue weighted by molar-refractivity contribution is 6.30. The third kappa shape index (κ3) is 3.38. The number of halogens is 1. The highest BCUT2D eigenvalue weighted by atomic mass is 35.5. The Morgan fingerprint density at radius 3 is 2.30 bits per heavy atom. The van der Waals surface area contributed by atoms with Gasteiger partial charge in [-0.05, 0) is 57.1 Å². The molecule has 1 amide bonds. The maximum atomic E-state index is 12.4. The largest absolute Gasteiger partial charge is 0.369 e. The van der Waals surface area contributed by atoms with Gasteiger partial charge in [0, 0.05) is 16.5 Å². The van der Waals surface area contributed by atoms with E-state index in [1.165, 1.54) is 0 Å². The molecule has 1 aromatic carbocycles. The van der Waals surface area contributed by atoms with Gasteiger partial charge in [-0.2, -0.15) is 0 Å². The number of hydrogen-bond acceptors (Lipinski definition) is 3. The number of nitrogens with two attached hydrogens (primary N) is 1. The van der Waals surface area contributed by atoms with Gasteiger partial charge in [0.05, 0.1) is 6.04 Å². The molecule has 1 heterocycles. The number of primary amides is 1. The number of carbonyl (C=O) groups excluding carboxylic acids is 2.